The Hall–Kier alpha value is -2.62. The van der Waals surface area contributed by atoms with Gasteiger partial charge in [-0.3, -0.25) is 4.99 Å². The van der Waals surface area contributed by atoms with Crippen molar-refractivity contribution in [3.63, 3.8) is 0 Å². The molecule has 0 bridgehead atoms. The van der Waals surface area contributed by atoms with Crippen LogP contribution in [0.25, 0.3) is 0 Å². The standard InChI is InChI=1S/C23H28FN5O.HI/c1-3-19(30-21-12-8-7-11-20(21)24)15-27-23(25-2)28-16-22-26-13-14-29(22)17-18-9-5-4-6-10-18;/h4-14,19H,3,15-17H2,1-2H3,(H2,25,27,28);1H. The van der Waals surface area contributed by atoms with Crippen LogP contribution in [0.2, 0.25) is 0 Å². The minimum absolute atomic E-state index is 0. The number of hydrogen-bond donors (Lipinski definition) is 2. The zero-order valence-corrected chi connectivity index (χ0v) is 20.1. The number of nitrogens with one attached hydrogen (secondary N) is 2. The van der Waals surface area contributed by atoms with Gasteiger partial charge in [-0.2, -0.15) is 0 Å². The second kappa shape index (κ2) is 12.9. The van der Waals surface area contributed by atoms with Gasteiger partial charge in [-0.25, -0.2) is 9.37 Å². The van der Waals surface area contributed by atoms with Gasteiger partial charge in [0.1, 0.15) is 11.9 Å². The summed E-state index contributed by atoms with van der Waals surface area (Å²) in [5.41, 5.74) is 1.22. The first-order valence-electron chi connectivity index (χ1n) is 10.1. The summed E-state index contributed by atoms with van der Waals surface area (Å²) in [7, 11) is 1.71. The van der Waals surface area contributed by atoms with Gasteiger partial charge in [0.15, 0.2) is 17.5 Å². The third kappa shape index (κ3) is 7.54. The molecule has 31 heavy (non-hydrogen) atoms. The fraction of sp³-hybridized carbons (Fsp3) is 0.304. The molecule has 0 spiro atoms. The van der Waals surface area contributed by atoms with Gasteiger partial charge in [0.2, 0.25) is 0 Å². The summed E-state index contributed by atoms with van der Waals surface area (Å²) in [6.45, 7) is 3.80. The highest BCUT2D eigenvalue weighted by molar-refractivity contribution is 14.0. The third-order valence-electron chi connectivity index (χ3n) is 4.72. The molecule has 6 nitrogen and oxygen atoms in total. The molecule has 0 aliphatic carbocycles. The lowest BCUT2D eigenvalue weighted by molar-refractivity contribution is 0.191. The average Bonchev–Trinajstić information content (AvgIpc) is 3.21. The molecule has 3 aromatic rings. The van der Waals surface area contributed by atoms with E-state index >= 15 is 0 Å². The Balaban J connectivity index is 0.00000341. The van der Waals surface area contributed by atoms with Crippen LogP contribution < -0.4 is 15.4 Å². The van der Waals surface area contributed by atoms with Gasteiger partial charge < -0.3 is 19.9 Å². The molecule has 0 radical (unpaired) electrons. The maximum atomic E-state index is 13.8. The molecular weight excluding hydrogens is 508 g/mol. The molecule has 1 unspecified atom stereocenters. The van der Waals surface area contributed by atoms with E-state index in [4.69, 9.17) is 4.74 Å². The van der Waals surface area contributed by atoms with Gasteiger partial charge >= 0.3 is 0 Å². The van der Waals surface area contributed by atoms with E-state index in [2.05, 4.69) is 37.3 Å². The van der Waals surface area contributed by atoms with E-state index in [1.807, 2.05) is 31.3 Å². The number of aliphatic imine (C=N–C) groups is 1. The molecule has 0 saturated heterocycles. The van der Waals surface area contributed by atoms with E-state index in [0.717, 1.165) is 18.8 Å². The van der Waals surface area contributed by atoms with Crippen molar-refractivity contribution in [2.75, 3.05) is 13.6 Å². The Kier molecular flexibility index (Phi) is 10.3. The highest BCUT2D eigenvalue weighted by Crippen LogP contribution is 2.17. The minimum atomic E-state index is -0.358. The first kappa shape index (κ1) is 24.6. The Morgan fingerprint density at radius 3 is 2.58 bits per heavy atom. The number of imidazole rings is 1. The van der Waals surface area contributed by atoms with Crippen LogP contribution in [0.15, 0.2) is 72.0 Å². The first-order valence-corrected chi connectivity index (χ1v) is 10.1. The van der Waals surface area contributed by atoms with Crippen LogP contribution >= 0.6 is 24.0 Å². The fourth-order valence-corrected chi connectivity index (χ4v) is 3.01. The molecule has 1 heterocycles. The lowest BCUT2D eigenvalue weighted by Crippen LogP contribution is -2.42. The Bertz CT molecular complexity index is 948. The van der Waals surface area contributed by atoms with Crippen LogP contribution in [0.1, 0.15) is 24.7 Å². The Labute approximate surface area is 200 Å². The molecule has 8 heteroatoms. The highest BCUT2D eigenvalue weighted by atomic mass is 127. The molecule has 2 aromatic carbocycles. The number of para-hydroxylation sites is 1. The quantitative estimate of drug-likeness (QED) is 0.244. The summed E-state index contributed by atoms with van der Waals surface area (Å²) in [5.74, 6) is 1.46. The largest absolute Gasteiger partial charge is 0.486 e. The summed E-state index contributed by atoms with van der Waals surface area (Å²) < 4.78 is 21.7. The topological polar surface area (TPSA) is 63.5 Å². The second-order valence-corrected chi connectivity index (χ2v) is 6.84. The summed E-state index contributed by atoms with van der Waals surface area (Å²) in [4.78, 5) is 8.71. The molecule has 2 N–H and O–H groups in total. The minimum Gasteiger partial charge on any atom is -0.486 e. The summed E-state index contributed by atoms with van der Waals surface area (Å²) in [6.07, 6.45) is 4.32. The number of aromatic nitrogens is 2. The van der Waals surface area contributed by atoms with Crippen molar-refractivity contribution in [3.05, 3.63) is 84.2 Å². The maximum Gasteiger partial charge on any atom is 0.191 e. The van der Waals surface area contributed by atoms with Gasteiger partial charge in [-0.05, 0) is 24.1 Å². The van der Waals surface area contributed by atoms with Crippen molar-refractivity contribution in [2.45, 2.75) is 32.5 Å². The summed E-state index contributed by atoms with van der Waals surface area (Å²) >= 11 is 0. The Morgan fingerprint density at radius 2 is 1.87 bits per heavy atom. The molecule has 1 aromatic heterocycles. The SMILES string of the molecule is CCC(CNC(=NC)NCc1nccn1Cc1ccccc1)Oc1ccccc1F.I. The van der Waals surface area contributed by atoms with Crippen LogP contribution in [-0.4, -0.2) is 35.2 Å². The van der Waals surface area contributed by atoms with E-state index in [1.54, 1.807) is 31.4 Å². The van der Waals surface area contributed by atoms with E-state index in [-0.39, 0.29) is 41.6 Å². The fourth-order valence-electron chi connectivity index (χ4n) is 3.01. The summed E-state index contributed by atoms with van der Waals surface area (Å²) in [6, 6.07) is 16.7. The Morgan fingerprint density at radius 1 is 1.13 bits per heavy atom. The molecule has 166 valence electrons. The van der Waals surface area contributed by atoms with Gasteiger partial charge in [0.25, 0.3) is 0 Å². The lowest BCUT2D eigenvalue weighted by Gasteiger charge is -2.20. The molecule has 0 aliphatic heterocycles. The van der Waals surface area contributed by atoms with Crippen molar-refractivity contribution < 1.29 is 9.13 Å². The maximum absolute atomic E-state index is 13.8. The van der Waals surface area contributed by atoms with Crippen molar-refractivity contribution in [1.29, 1.82) is 0 Å². The van der Waals surface area contributed by atoms with Crippen LogP contribution in [0.4, 0.5) is 4.39 Å². The molecule has 0 saturated carbocycles. The van der Waals surface area contributed by atoms with E-state index < -0.39 is 0 Å². The molecule has 0 fully saturated rings. The number of halogens is 2. The summed E-state index contributed by atoms with van der Waals surface area (Å²) in [5, 5.41) is 6.52. The molecular formula is C23H29FIN5O. The molecule has 0 amide bonds. The van der Waals surface area contributed by atoms with Crippen molar-refractivity contribution in [1.82, 2.24) is 20.2 Å². The number of guanidine groups is 1. The predicted molar refractivity (Wildman–Crippen MR) is 132 cm³/mol. The van der Waals surface area contributed by atoms with E-state index in [9.17, 15) is 4.39 Å². The molecule has 0 aliphatic rings. The van der Waals surface area contributed by atoms with Crippen LogP contribution in [-0.2, 0) is 13.1 Å². The zero-order valence-electron chi connectivity index (χ0n) is 17.8. The third-order valence-corrected chi connectivity index (χ3v) is 4.72. The normalized spacial score (nSPS) is 12.0. The van der Waals surface area contributed by atoms with Crippen molar-refractivity contribution in [3.8, 4) is 5.75 Å². The van der Waals surface area contributed by atoms with E-state index in [1.165, 1.54) is 11.6 Å². The zero-order chi connectivity index (χ0) is 21.2. The van der Waals surface area contributed by atoms with Crippen LogP contribution in [0, 0.1) is 5.82 Å². The number of ether oxygens (including phenoxy) is 1. The number of rotatable bonds is 9. The predicted octanol–water partition coefficient (Wildman–Crippen LogP) is 4.21. The number of nitrogens with zero attached hydrogens (tertiary/aromatic N) is 3. The average molecular weight is 537 g/mol. The number of benzene rings is 2. The first-order chi connectivity index (χ1) is 14.7. The smallest absolute Gasteiger partial charge is 0.191 e. The van der Waals surface area contributed by atoms with Crippen molar-refractivity contribution in [2.24, 2.45) is 4.99 Å². The second-order valence-electron chi connectivity index (χ2n) is 6.84. The van der Waals surface area contributed by atoms with Gasteiger partial charge in [-0.15, -0.1) is 24.0 Å². The van der Waals surface area contributed by atoms with Gasteiger partial charge in [0, 0.05) is 26.0 Å². The molecule has 1 atom stereocenters. The monoisotopic (exact) mass is 537 g/mol. The van der Waals surface area contributed by atoms with Gasteiger partial charge in [-0.1, -0.05) is 49.4 Å². The van der Waals surface area contributed by atoms with Crippen LogP contribution in [0.5, 0.6) is 5.75 Å². The highest BCUT2D eigenvalue weighted by Gasteiger charge is 2.12. The lowest BCUT2D eigenvalue weighted by atomic mass is 10.2. The van der Waals surface area contributed by atoms with Gasteiger partial charge in [0.05, 0.1) is 13.1 Å². The number of hydrogen-bond acceptors (Lipinski definition) is 3. The molecule has 3 rings (SSSR count). The van der Waals surface area contributed by atoms with E-state index in [0.29, 0.717) is 19.0 Å². The van der Waals surface area contributed by atoms with Crippen molar-refractivity contribution >= 4 is 29.9 Å². The van der Waals surface area contributed by atoms with Crippen LogP contribution in [0.3, 0.4) is 0 Å².